The normalized spacial score (nSPS) is 16.5. The Bertz CT molecular complexity index is 717. The van der Waals surface area contributed by atoms with E-state index in [9.17, 15) is 31.1 Å². The molecule has 1 unspecified atom stereocenters. The molecule has 0 aliphatic heterocycles. The van der Waals surface area contributed by atoms with Crippen molar-refractivity contribution in [3.63, 3.8) is 0 Å². The van der Waals surface area contributed by atoms with Crippen LogP contribution >= 0.6 is 0 Å². The summed E-state index contributed by atoms with van der Waals surface area (Å²) in [5.41, 5.74) is -4.05. The summed E-state index contributed by atoms with van der Waals surface area (Å²) in [5, 5.41) is 0. The Morgan fingerprint density at radius 2 is 1.66 bits per heavy atom. The number of carbonyl (C=O) groups is 1. The Labute approximate surface area is 183 Å². The van der Waals surface area contributed by atoms with Crippen LogP contribution in [0.25, 0.3) is 0 Å². The van der Waals surface area contributed by atoms with E-state index in [0.29, 0.717) is 20.0 Å². The fourth-order valence-corrected chi connectivity index (χ4v) is 3.16. The summed E-state index contributed by atoms with van der Waals surface area (Å²) < 4.78 is 96.4. The zero-order valence-corrected chi connectivity index (χ0v) is 18.1. The summed E-state index contributed by atoms with van der Waals surface area (Å²) >= 11 is 0. The fourth-order valence-electron chi connectivity index (χ4n) is 3.16. The molecule has 0 fully saturated rings. The summed E-state index contributed by atoms with van der Waals surface area (Å²) in [7, 11) is 1.64. The minimum atomic E-state index is -5.23. The first-order valence-electron chi connectivity index (χ1n) is 10.1. The van der Waals surface area contributed by atoms with E-state index >= 15 is 0 Å². The van der Waals surface area contributed by atoms with E-state index in [1.165, 1.54) is 24.3 Å². The maximum Gasteiger partial charge on any atom is 0.432 e. The molecule has 0 saturated carbocycles. The van der Waals surface area contributed by atoms with E-state index in [4.69, 9.17) is 9.47 Å². The molecule has 10 heteroatoms. The van der Waals surface area contributed by atoms with Crippen molar-refractivity contribution in [3.8, 4) is 0 Å². The Kier molecular flexibility index (Phi) is 10.7. The van der Waals surface area contributed by atoms with Crippen molar-refractivity contribution in [1.82, 2.24) is 0 Å². The van der Waals surface area contributed by atoms with Gasteiger partial charge in [-0.1, -0.05) is 62.2 Å². The molecular weight excluding hydrogens is 442 g/mol. The molecule has 0 aromatic heterocycles. The lowest BCUT2D eigenvalue weighted by Crippen LogP contribution is -2.52. The number of unbranched alkanes of at least 4 members (excludes halogenated alkanes) is 3. The summed E-state index contributed by atoms with van der Waals surface area (Å²) in [5.74, 6) is -4.05. The molecule has 3 atom stereocenters. The number of rotatable bonds is 12. The summed E-state index contributed by atoms with van der Waals surface area (Å²) in [6, 6.07) is 6.01. The molecule has 1 rings (SSSR count). The van der Waals surface area contributed by atoms with Crippen molar-refractivity contribution in [1.29, 1.82) is 0 Å². The summed E-state index contributed by atoms with van der Waals surface area (Å²) in [6.45, 7) is 0.904. The quantitative estimate of drug-likeness (QED) is 0.164. The average Bonchev–Trinajstić information content (AvgIpc) is 2.72. The third-order valence-electron chi connectivity index (χ3n) is 4.95. The Morgan fingerprint density at radius 1 is 1.03 bits per heavy atom. The molecule has 0 radical (unpaired) electrons. The maximum absolute atomic E-state index is 13.9. The number of ether oxygens (including phenoxy) is 3. The number of benzene rings is 1. The van der Waals surface area contributed by atoms with E-state index in [1.54, 1.807) is 0 Å². The molecule has 1 aromatic carbocycles. The molecule has 0 saturated heterocycles. The van der Waals surface area contributed by atoms with Crippen molar-refractivity contribution in [2.45, 2.75) is 56.7 Å². The predicted molar refractivity (Wildman–Crippen MR) is 106 cm³/mol. The highest BCUT2D eigenvalue weighted by Crippen LogP contribution is 2.43. The van der Waals surface area contributed by atoms with E-state index in [1.807, 2.05) is 6.92 Å². The van der Waals surface area contributed by atoms with Gasteiger partial charge in [-0.15, -0.1) is 0 Å². The number of allylic oxidation sites excluding steroid dienone is 1. The van der Waals surface area contributed by atoms with Crippen molar-refractivity contribution < 1.29 is 45.3 Å². The van der Waals surface area contributed by atoms with Crippen LogP contribution < -0.4 is 0 Å². The van der Waals surface area contributed by atoms with Crippen LogP contribution in [0.1, 0.15) is 38.2 Å². The predicted octanol–water partition coefficient (Wildman–Crippen LogP) is 5.96. The second-order valence-electron chi connectivity index (χ2n) is 7.11. The van der Waals surface area contributed by atoms with Gasteiger partial charge in [0, 0.05) is 19.8 Å². The van der Waals surface area contributed by atoms with Gasteiger partial charge in [0.25, 0.3) is 5.60 Å². The van der Waals surface area contributed by atoms with Crippen LogP contribution in [0.5, 0.6) is 0 Å². The van der Waals surface area contributed by atoms with Crippen molar-refractivity contribution in [2.75, 3.05) is 20.8 Å². The number of esters is 1. The van der Waals surface area contributed by atoms with Gasteiger partial charge in [-0.3, -0.25) is 0 Å². The molecule has 32 heavy (non-hydrogen) atoms. The Balaban J connectivity index is 3.10. The van der Waals surface area contributed by atoms with Crippen LogP contribution in [-0.2, 0) is 24.6 Å². The van der Waals surface area contributed by atoms with Gasteiger partial charge in [0.05, 0.1) is 0 Å². The second-order valence-corrected chi connectivity index (χ2v) is 7.11. The van der Waals surface area contributed by atoms with Crippen molar-refractivity contribution in [3.05, 3.63) is 48.0 Å². The highest BCUT2D eigenvalue weighted by Gasteiger charge is 2.64. The Morgan fingerprint density at radius 3 is 2.12 bits per heavy atom. The minimum Gasteiger partial charge on any atom is -0.460 e. The number of halogens is 6. The number of alkyl halides is 6. The molecule has 0 bridgehead atoms. The van der Waals surface area contributed by atoms with Crippen LogP contribution in [-0.4, -0.2) is 45.3 Å². The lowest BCUT2D eigenvalue weighted by molar-refractivity contribution is -0.278. The molecule has 182 valence electrons. The average molecular weight is 470 g/mol. The first-order valence-corrected chi connectivity index (χ1v) is 10.1. The van der Waals surface area contributed by atoms with E-state index in [2.05, 4.69) is 4.74 Å². The van der Waals surface area contributed by atoms with Crippen LogP contribution in [0.4, 0.5) is 26.3 Å². The molecule has 0 spiro atoms. The molecular formula is C22H28F6O4. The molecule has 0 aliphatic carbocycles. The molecule has 0 N–H and O–H groups in total. The van der Waals surface area contributed by atoms with Crippen molar-refractivity contribution in [2.24, 2.45) is 5.92 Å². The zero-order chi connectivity index (χ0) is 24.4. The van der Waals surface area contributed by atoms with Crippen molar-refractivity contribution >= 4 is 5.97 Å². The van der Waals surface area contributed by atoms with E-state index in [0.717, 1.165) is 38.2 Å². The van der Waals surface area contributed by atoms with Gasteiger partial charge in [0.15, 0.2) is 0 Å². The molecule has 4 nitrogen and oxygen atoms in total. The highest BCUT2D eigenvalue weighted by atomic mass is 19.4. The molecule has 0 amide bonds. The fraction of sp³-hybridized carbons (Fsp3) is 0.591. The van der Waals surface area contributed by atoms with E-state index < -0.39 is 48.1 Å². The zero-order valence-electron chi connectivity index (χ0n) is 18.1. The van der Waals surface area contributed by atoms with Gasteiger partial charge in [-0.05, 0) is 12.8 Å². The number of methoxy groups -OCH3 is 2. The van der Waals surface area contributed by atoms with Crippen LogP contribution in [0.15, 0.2) is 42.5 Å². The van der Waals surface area contributed by atoms with Crippen LogP contribution in [0.2, 0.25) is 0 Å². The van der Waals surface area contributed by atoms with Gasteiger partial charge in [-0.2, -0.15) is 26.3 Å². The topological polar surface area (TPSA) is 44.8 Å². The third-order valence-corrected chi connectivity index (χ3v) is 4.95. The SMILES string of the molecule is CCCCC/C=C/[C@@H]([C@@H](COC(=O)C(OC)(c1ccccc1)C(F)(F)F)OC)C(F)(F)F. The largest absolute Gasteiger partial charge is 0.460 e. The van der Waals surface area contributed by atoms with E-state index in [-0.39, 0.29) is 0 Å². The second kappa shape index (κ2) is 12.2. The van der Waals surface area contributed by atoms with Gasteiger partial charge in [-0.25, -0.2) is 4.79 Å². The Hall–Kier alpha value is -2.07. The number of carbonyl (C=O) groups excluding carboxylic acids is 1. The van der Waals surface area contributed by atoms with Crippen LogP contribution in [0.3, 0.4) is 0 Å². The van der Waals surface area contributed by atoms with Crippen LogP contribution in [0, 0.1) is 5.92 Å². The number of hydrogen-bond acceptors (Lipinski definition) is 4. The molecule has 0 heterocycles. The van der Waals surface area contributed by atoms with Gasteiger partial charge in [0.2, 0.25) is 0 Å². The van der Waals surface area contributed by atoms with Gasteiger partial charge >= 0.3 is 18.3 Å². The molecule has 0 aliphatic rings. The smallest absolute Gasteiger partial charge is 0.432 e. The number of hydrogen-bond donors (Lipinski definition) is 0. The van der Waals surface area contributed by atoms with Gasteiger partial charge < -0.3 is 14.2 Å². The molecule has 1 aromatic rings. The monoisotopic (exact) mass is 470 g/mol. The summed E-state index contributed by atoms with van der Waals surface area (Å²) in [6.07, 6.45) is -6.63. The maximum atomic E-state index is 13.9. The standard InChI is InChI=1S/C22H28F6O4/c1-4-5-6-7-11-14-17(21(23,24)25)18(30-2)15-32-19(29)20(31-3,22(26,27)28)16-12-9-8-10-13-16/h8-14,17-18H,4-7,15H2,1-3H3/b14-11+/t17-,18+,20?/m0/s1. The lowest BCUT2D eigenvalue weighted by Gasteiger charge is -2.33. The first-order chi connectivity index (χ1) is 15.0. The minimum absolute atomic E-state index is 0.408. The highest BCUT2D eigenvalue weighted by molar-refractivity contribution is 5.82. The summed E-state index contributed by atoms with van der Waals surface area (Å²) in [4.78, 5) is 12.5. The van der Waals surface area contributed by atoms with Gasteiger partial charge in [0.1, 0.15) is 18.6 Å². The first kappa shape index (κ1) is 28.0. The lowest BCUT2D eigenvalue weighted by atomic mass is 9.92. The third kappa shape index (κ3) is 6.96.